The topological polar surface area (TPSA) is 93.5 Å². The number of aliphatic imine (C=N–C) groups is 1. The van der Waals surface area contributed by atoms with Gasteiger partial charge in [0.25, 0.3) is 5.69 Å². The molecule has 0 radical (unpaired) electrons. The number of benzene rings is 1. The van der Waals surface area contributed by atoms with E-state index in [1.54, 1.807) is 18.2 Å². The van der Waals surface area contributed by atoms with E-state index in [2.05, 4.69) is 10.3 Å². The molecule has 3 N–H and O–H groups in total. The Morgan fingerprint density at radius 2 is 2.11 bits per heavy atom. The summed E-state index contributed by atoms with van der Waals surface area (Å²) in [7, 11) is 0. The maximum absolute atomic E-state index is 10.9. The van der Waals surface area contributed by atoms with Crippen LogP contribution in [0.2, 0.25) is 0 Å². The Morgan fingerprint density at radius 1 is 1.42 bits per heavy atom. The summed E-state index contributed by atoms with van der Waals surface area (Å²) in [5, 5.41) is 14.0. The SMILES string of the molecule is NC(=NCc1ccccc1[N+](=O)[O-])NC1CCCC1. The van der Waals surface area contributed by atoms with Crippen LogP contribution in [-0.4, -0.2) is 16.9 Å². The molecule has 1 aliphatic rings. The molecule has 1 aliphatic carbocycles. The summed E-state index contributed by atoms with van der Waals surface area (Å²) in [4.78, 5) is 14.6. The Labute approximate surface area is 111 Å². The lowest BCUT2D eigenvalue weighted by Crippen LogP contribution is -2.38. The predicted octanol–water partition coefficient (Wildman–Crippen LogP) is 1.94. The monoisotopic (exact) mass is 262 g/mol. The second kappa shape index (κ2) is 6.17. The van der Waals surface area contributed by atoms with Crippen molar-refractivity contribution >= 4 is 11.6 Å². The van der Waals surface area contributed by atoms with Gasteiger partial charge in [-0.15, -0.1) is 0 Å². The van der Waals surface area contributed by atoms with Crippen molar-refractivity contribution in [3.63, 3.8) is 0 Å². The highest BCUT2D eigenvalue weighted by Crippen LogP contribution is 2.19. The van der Waals surface area contributed by atoms with Gasteiger partial charge in [-0.05, 0) is 12.8 Å². The summed E-state index contributed by atoms with van der Waals surface area (Å²) in [5.41, 5.74) is 6.45. The summed E-state index contributed by atoms with van der Waals surface area (Å²) >= 11 is 0. The van der Waals surface area contributed by atoms with Crippen LogP contribution in [0.4, 0.5) is 5.69 Å². The molecule has 0 aromatic heterocycles. The largest absolute Gasteiger partial charge is 0.370 e. The third kappa shape index (κ3) is 3.67. The number of guanidine groups is 1. The van der Waals surface area contributed by atoms with E-state index in [1.165, 1.54) is 18.9 Å². The van der Waals surface area contributed by atoms with Crippen molar-refractivity contribution in [2.75, 3.05) is 0 Å². The first kappa shape index (κ1) is 13.3. The molecule has 0 bridgehead atoms. The Hall–Kier alpha value is -2.11. The third-order valence-corrected chi connectivity index (χ3v) is 3.32. The van der Waals surface area contributed by atoms with Crippen molar-refractivity contribution in [2.24, 2.45) is 10.7 Å². The number of nitrogens with zero attached hydrogens (tertiary/aromatic N) is 2. The van der Waals surface area contributed by atoms with E-state index in [4.69, 9.17) is 5.73 Å². The molecule has 0 unspecified atom stereocenters. The van der Waals surface area contributed by atoms with Gasteiger partial charge < -0.3 is 11.1 Å². The molecular weight excluding hydrogens is 244 g/mol. The van der Waals surface area contributed by atoms with Crippen LogP contribution < -0.4 is 11.1 Å². The minimum absolute atomic E-state index is 0.0833. The zero-order valence-electron chi connectivity index (χ0n) is 10.7. The second-order valence-corrected chi connectivity index (χ2v) is 4.71. The van der Waals surface area contributed by atoms with Gasteiger partial charge in [-0.3, -0.25) is 10.1 Å². The Balaban J connectivity index is 1.98. The molecule has 6 heteroatoms. The lowest BCUT2D eigenvalue weighted by atomic mass is 10.2. The number of para-hydroxylation sites is 1. The molecule has 0 spiro atoms. The van der Waals surface area contributed by atoms with Gasteiger partial charge in [0.05, 0.1) is 17.0 Å². The average molecular weight is 262 g/mol. The Bertz CT molecular complexity index is 481. The van der Waals surface area contributed by atoms with Crippen molar-refractivity contribution in [2.45, 2.75) is 38.3 Å². The van der Waals surface area contributed by atoms with Crippen molar-refractivity contribution in [3.05, 3.63) is 39.9 Å². The molecule has 1 aromatic carbocycles. The van der Waals surface area contributed by atoms with Gasteiger partial charge in [0, 0.05) is 12.1 Å². The van der Waals surface area contributed by atoms with Gasteiger partial charge >= 0.3 is 0 Å². The number of hydrogen-bond donors (Lipinski definition) is 2. The van der Waals surface area contributed by atoms with Gasteiger partial charge in [-0.2, -0.15) is 0 Å². The highest BCUT2D eigenvalue weighted by atomic mass is 16.6. The highest BCUT2D eigenvalue weighted by Gasteiger charge is 2.15. The van der Waals surface area contributed by atoms with Crippen molar-refractivity contribution in [3.8, 4) is 0 Å². The average Bonchev–Trinajstić information content (AvgIpc) is 2.89. The molecule has 1 fully saturated rings. The van der Waals surface area contributed by atoms with E-state index in [-0.39, 0.29) is 12.2 Å². The Morgan fingerprint density at radius 3 is 2.79 bits per heavy atom. The summed E-state index contributed by atoms with van der Waals surface area (Å²) in [6.45, 7) is 0.225. The molecule has 102 valence electrons. The molecule has 0 heterocycles. The van der Waals surface area contributed by atoms with Crippen molar-refractivity contribution in [1.82, 2.24) is 5.32 Å². The van der Waals surface area contributed by atoms with Crippen LogP contribution in [0.25, 0.3) is 0 Å². The summed E-state index contributed by atoms with van der Waals surface area (Å²) in [6, 6.07) is 6.98. The lowest BCUT2D eigenvalue weighted by Gasteiger charge is -2.12. The van der Waals surface area contributed by atoms with Crippen LogP contribution >= 0.6 is 0 Å². The Kier molecular flexibility index (Phi) is 4.33. The van der Waals surface area contributed by atoms with Gasteiger partial charge in [-0.1, -0.05) is 31.0 Å². The molecule has 0 saturated heterocycles. The molecule has 0 amide bonds. The van der Waals surface area contributed by atoms with E-state index >= 15 is 0 Å². The smallest absolute Gasteiger partial charge is 0.274 e. The van der Waals surface area contributed by atoms with E-state index in [1.807, 2.05) is 0 Å². The standard InChI is InChI=1S/C13H18N4O2/c14-13(16-11-6-2-3-7-11)15-9-10-5-1-4-8-12(10)17(18)19/h1,4-5,8,11H,2-3,6-7,9H2,(H3,14,15,16). The molecule has 1 aromatic rings. The third-order valence-electron chi connectivity index (χ3n) is 3.32. The number of nitrogens with two attached hydrogens (primary N) is 1. The van der Waals surface area contributed by atoms with Crippen LogP contribution in [0.5, 0.6) is 0 Å². The van der Waals surface area contributed by atoms with Crippen molar-refractivity contribution < 1.29 is 4.92 Å². The fraction of sp³-hybridized carbons (Fsp3) is 0.462. The molecular formula is C13H18N4O2. The summed E-state index contributed by atoms with van der Waals surface area (Å²) in [6.07, 6.45) is 4.66. The van der Waals surface area contributed by atoms with Gasteiger partial charge in [-0.25, -0.2) is 4.99 Å². The van der Waals surface area contributed by atoms with Crippen LogP contribution in [0.15, 0.2) is 29.3 Å². The van der Waals surface area contributed by atoms with E-state index in [0.29, 0.717) is 17.6 Å². The first-order chi connectivity index (χ1) is 9.16. The number of nitro benzene ring substituents is 1. The fourth-order valence-electron chi connectivity index (χ4n) is 2.32. The predicted molar refractivity (Wildman–Crippen MR) is 73.8 cm³/mol. The molecule has 0 aliphatic heterocycles. The summed E-state index contributed by atoms with van der Waals surface area (Å²) < 4.78 is 0. The zero-order chi connectivity index (χ0) is 13.7. The minimum atomic E-state index is -0.397. The zero-order valence-corrected chi connectivity index (χ0v) is 10.7. The first-order valence-electron chi connectivity index (χ1n) is 6.45. The molecule has 2 rings (SSSR count). The minimum Gasteiger partial charge on any atom is -0.370 e. The molecule has 0 atom stereocenters. The fourth-order valence-corrected chi connectivity index (χ4v) is 2.32. The number of rotatable bonds is 4. The maximum Gasteiger partial charge on any atom is 0.274 e. The van der Waals surface area contributed by atoms with E-state index in [0.717, 1.165) is 12.8 Å². The normalized spacial score (nSPS) is 16.5. The van der Waals surface area contributed by atoms with Crippen LogP contribution in [-0.2, 0) is 6.54 Å². The van der Waals surface area contributed by atoms with Crippen LogP contribution in [0, 0.1) is 10.1 Å². The number of nitro groups is 1. The maximum atomic E-state index is 10.9. The van der Waals surface area contributed by atoms with Gasteiger partial charge in [0.15, 0.2) is 5.96 Å². The van der Waals surface area contributed by atoms with E-state index in [9.17, 15) is 10.1 Å². The lowest BCUT2D eigenvalue weighted by molar-refractivity contribution is -0.385. The van der Waals surface area contributed by atoms with E-state index < -0.39 is 4.92 Å². The summed E-state index contributed by atoms with van der Waals surface area (Å²) in [5.74, 6) is 0.366. The number of nitrogens with one attached hydrogen (secondary N) is 1. The number of hydrogen-bond acceptors (Lipinski definition) is 3. The van der Waals surface area contributed by atoms with Crippen LogP contribution in [0.1, 0.15) is 31.2 Å². The molecule has 19 heavy (non-hydrogen) atoms. The van der Waals surface area contributed by atoms with Crippen LogP contribution in [0.3, 0.4) is 0 Å². The molecule has 6 nitrogen and oxygen atoms in total. The molecule has 1 saturated carbocycles. The van der Waals surface area contributed by atoms with Crippen molar-refractivity contribution in [1.29, 1.82) is 0 Å². The highest BCUT2D eigenvalue weighted by molar-refractivity contribution is 5.78. The van der Waals surface area contributed by atoms with Gasteiger partial charge in [0.1, 0.15) is 0 Å². The second-order valence-electron chi connectivity index (χ2n) is 4.71. The van der Waals surface area contributed by atoms with Gasteiger partial charge in [0.2, 0.25) is 0 Å². The quantitative estimate of drug-likeness (QED) is 0.375. The first-order valence-corrected chi connectivity index (χ1v) is 6.45.